The smallest absolute Gasteiger partial charge is 0.267 e. The number of unbranched alkanes of at least 4 members (excludes halogenated alkanes) is 1. The summed E-state index contributed by atoms with van der Waals surface area (Å²) in [5.41, 5.74) is 2.12. The van der Waals surface area contributed by atoms with Crippen LogP contribution >= 0.6 is 0 Å². The Labute approximate surface area is 175 Å². The number of hydrogen-bond donors (Lipinski definition) is 0. The molecular formula is C23H32O5S. The van der Waals surface area contributed by atoms with E-state index in [1.165, 1.54) is 0 Å². The van der Waals surface area contributed by atoms with E-state index in [0.717, 1.165) is 36.6 Å². The van der Waals surface area contributed by atoms with Gasteiger partial charge in [0.05, 0.1) is 19.5 Å². The Morgan fingerprint density at radius 3 is 1.97 bits per heavy atom. The molecule has 1 atom stereocenters. The van der Waals surface area contributed by atoms with Gasteiger partial charge < -0.3 is 9.47 Å². The first kappa shape index (κ1) is 23.5. The molecule has 1 unspecified atom stereocenters. The van der Waals surface area contributed by atoms with Crippen LogP contribution in [0.2, 0.25) is 0 Å². The summed E-state index contributed by atoms with van der Waals surface area (Å²) in [6.45, 7) is 3.48. The second-order valence-electron chi connectivity index (χ2n) is 7.22. The summed E-state index contributed by atoms with van der Waals surface area (Å²) in [7, 11) is -3.65. The molecular weight excluding hydrogens is 388 g/mol. The normalized spacial score (nSPS) is 13.9. The first-order valence-electron chi connectivity index (χ1n) is 10.1. The molecule has 0 spiro atoms. The lowest BCUT2D eigenvalue weighted by Crippen LogP contribution is -2.38. The van der Waals surface area contributed by atoms with Crippen LogP contribution in [-0.2, 0) is 37.0 Å². The van der Waals surface area contributed by atoms with Gasteiger partial charge in [-0.3, -0.25) is 0 Å². The summed E-state index contributed by atoms with van der Waals surface area (Å²) in [5.74, 6) is -1.14. The lowest BCUT2D eigenvalue weighted by atomic mass is 10.0. The number of benzene rings is 2. The van der Waals surface area contributed by atoms with Crippen LogP contribution in [0.3, 0.4) is 0 Å². The van der Waals surface area contributed by atoms with Gasteiger partial charge in [0.25, 0.3) is 10.1 Å². The zero-order valence-electron chi connectivity index (χ0n) is 17.4. The second-order valence-corrected chi connectivity index (χ2v) is 8.79. The van der Waals surface area contributed by atoms with Gasteiger partial charge in [0.2, 0.25) is 0 Å². The van der Waals surface area contributed by atoms with Gasteiger partial charge in [0.15, 0.2) is 5.79 Å². The molecule has 2 rings (SSSR count). The largest absolute Gasteiger partial charge is 0.377 e. The molecule has 6 heteroatoms. The Morgan fingerprint density at radius 2 is 1.41 bits per heavy atom. The molecule has 0 aliphatic carbocycles. The molecule has 0 amide bonds. The molecule has 0 heterocycles. The average Bonchev–Trinajstić information content (AvgIpc) is 2.70. The van der Waals surface area contributed by atoms with Crippen LogP contribution in [0, 0.1) is 0 Å². The van der Waals surface area contributed by atoms with Gasteiger partial charge in [-0.2, -0.15) is 8.42 Å². The highest BCUT2D eigenvalue weighted by atomic mass is 32.2. The minimum absolute atomic E-state index is 0.306. The van der Waals surface area contributed by atoms with Crippen molar-refractivity contribution in [2.24, 2.45) is 0 Å². The van der Waals surface area contributed by atoms with Gasteiger partial charge >= 0.3 is 0 Å². The molecule has 0 aromatic heterocycles. The Hall–Kier alpha value is -1.73. The van der Waals surface area contributed by atoms with E-state index in [0.29, 0.717) is 32.7 Å². The quantitative estimate of drug-likeness (QED) is 0.243. The molecule has 5 nitrogen and oxygen atoms in total. The monoisotopic (exact) mass is 420 g/mol. The number of rotatable bonds is 14. The van der Waals surface area contributed by atoms with E-state index in [4.69, 9.17) is 13.7 Å². The minimum Gasteiger partial charge on any atom is -0.377 e. The second kappa shape index (κ2) is 12.1. The highest BCUT2D eigenvalue weighted by Gasteiger charge is 2.35. The fraction of sp³-hybridized carbons (Fsp3) is 0.478. The molecule has 2 aromatic carbocycles. The van der Waals surface area contributed by atoms with E-state index >= 15 is 0 Å². The van der Waals surface area contributed by atoms with E-state index < -0.39 is 15.9 Å². The van der Waals surface area contributed by atoms with Gasteiger partial charge in [-0.1, -0.05) is 74.0 Å². The lowest BCUT2D eigenvalue weighted by molar-refractivity contribution is -0.198. The summed E-state index contributed by atoms with van der Waals surface area (Å²) >= 11 is 0. The van der Waals surface area contributed by atoms with Crippen LogP contribution in [0.5, 0.6) is 0 Å². The van der Waals surface area contributed by atoms with E-state index in [1.54, 1.807) is 0 Å². The van der Waals surface area contributed by atoms with E-state index in [2.05, 4.69) is 0 Å². The maximum atomic E-state index is 11.9. The first-order valence-corrected chi connectivity index (χ1v) is 11.9. The van der Waals surface area contributed by atoms with Crippen molar-refractivity contribution >= 4 is 10.1 Å². The summed E-state index contributed by atoms with van der Waals surface area (Å²) in [6.07, 6.45) is 4.40. The predicted octanol–water partition coefficient (Wildman–Crippen LogP) is 5.06. The molecule has 0 aliphatic rings. The molecule has 0 N–H and O–H groups in total. The summed E-state index contributed by atoms with van der Waals surface area (Å²) in [5, 5.41) is 0. The Balaban J connectivity index is 1.89. The van der Waals surface area contributed by atoms with Crippen molar-refractivity contribution < 1.29 is 22.1 Å². The molecule has 2 aromatic rings. The van der Waals surface area contributed by atoms with Crippen molar-refractivity contribution in [1.29, 1.82) is 0 Å². The van der Waals surface area contributed by atoms with Gasteiger partial charge in [0, 0.05) is 19.4 Å². The van der Waals surface area contributed by atoms with E-state index in [1.807, 2.05) is 67.6 Å². The Kier molecular flexibility index (Phi) is 9.81. The Morgan fingerprint density at radius 1 is 0.828 bits per heavy atom. The van der Waals surface area contributed by atoms with E-state index in [9.17, 15) is 8.42 Å². The lowest BCUT2D eigenvalue weighted by Gasteiger charge is -2.32. The molecule has 29 heavy (non-hydrogen) atoms. The molecule has 160 valence electrons. The number of hydrogen-bond acceptors (Lipinski definition) is 5. The SMILES string of the molecule is CCCC(CCCCOCc1ccccc1)(OCc1ccccc1)OS(C)(=O)=O. The van der Waals surface area contributed by atoms with Crippen molar-refractivity contribution in [3.05, 3.63) is 71.8 Å². The predicted molar refractivity (Wildman–Crippen MR) is 115 cm³/mol. The van der Waals surface area contributed by atoms with Gasteiger partial charge in [-0.25, -0.2) is 4.18 Å². The van der Waals surface area contributed by atoms with Crippen LogP contribution in [0.15, 0.2) is 60.7 Å². The van der Waals surface area contributed by atoms with Crippen molar-refractivity contribution in [1.82, 2.24) is 0 Å². The maximum absolute atomic E-state index is 11.9. The third kappa shape index (κ3) is 9.54. The first-order chi connectivity index (χ1) is 13.9. The zero-order valence-corrected chi connectivity index (χ0v) is 18.2. The topological polar surface area (TPSA) is 61.8 Å². The fourth-order valence-electron chi connectivity index (χ4n) is 3.19. The number of ether oxygens (including phenoxy) is 2. The molecule has 0 saturated carbocycles. The van der Waals surface area contributed by atoms with Gasteiger partial charge in [0.1, 0.15) is 0 Å². The molecule has 0 aliphatic heterocycles. The van der Waals surface area contributed by atoms with Crippen LogP contribution in [-0.4, -0.2) is 27.1 Å². The fourth-order valence-corrected chi connectivity index (χ4v) is 3.95. The molecule has 0 saturated heterocycles. The van der Waals surface area contributed by atoms with Crippen LogP contribution in [0.4, 0.5) is 0 Å². The van der Waals surface area contributed by atoms with E-state index in [-0.39, 0.29) is 0 Å². The van der Waals surface area contributed by atoms with Crippen molar-refractivity contribution in [3.63, 3.8) is 0 Å². The Bertz CT molecular complexity index is 793. The van der Waals surface area contributed by atoms with Crippen molar-refractivity contribution in [3.8, 4) is 0 Å². The maximum Gasteiger partial charge on any atom is 0.267 e. The summed E-state index contributed by atoms with van der Waals surface area (Å²) in [6, 6.07) is 19.7. The van der Waals surface area contributed by atoms with Crippen LogP contribution in [0.1, 0.15) is 50.2 Å². The molecule has 0 radical (unpaired) electrons. The van der Waals surface area contributed by atoms with Crippen LogP contribution in [0.25, 0.3) is 0 Å². The molecule has 0 fully saturated rings. The highest BCUT2D eigenvalue weighted by Crippen LogP contribution is 2.30. The third-order valence-electron chi connectivity index (χ3n) is 4.49. The highest BCUT2D eigenvalue weighted by molar-refractivity contribution is 7.86. The average molecular weight is 421 g/mol. The summed E-state index contributed by atoms with van der Waals surface area (Å²) < 4.78 is 41.1. The summed E-state index contributed by atoms with van der Waals surface area (Å²) in [4.78, 5) is 0. The van der Waals surface area contributed by atoms with Crippen molar-refractivity contribution in [2.45, 2.75) is 58.0 Å². The minimum atomic E-state index is -3.65. The van der Waals surface area contributed by atoms with Crippen LogP contribution < -0.4 is 0 Å². The molecule has 0 bridgehead atoms. The van der Waals surface area contributed by atoms with Gasteiger partial charge in [-0.05, 0) is 24.0 Å². The third-order valence-corrected chi connectivity index (χ3v) is 5.09. The zero-order chi connectivity index (χ0) is 21.0. The standard InChI is InChI=1S/C23H32O5S/c1-3-16-23(28-29(2,24)25,27-20-22-14-8-5-9-15-22)17-10-11-18-26-19-21-12-6-4-7-13-21/h4-9,12-15H,3,10-11,16-20H2,1-2H3. The van der Waals surface area contributed by atoms with Gasteiger partial charge in [-0.15, -0.1) is 0 Å². The van der Waals surface area contributed by atoms with Crippen molar-refractivity contribution in [2.75, 3.05) is 12.9 Å².